The van der Waals surface area contributed by atoms with E-state index in [1.54, 1.807) is 25.3 Å². The molecule has 1 aliphatic heterocycles. The van der Waals surface area contributed by atoms with E-state index in [0.717, 1.165) is 11.3 Å². The van der Waals surface area contributed by atoms with Crippen molar-refractivity contribution in [1.82, 2.24) is 14.8 Å². The van der Waals surface area contributed by atoms with Crippen LogP contribution >= 0.6 is 11.8 Å². The number of carbonyl (C=O) groups is 1. The standard InChI is InChI=1S/C22H24N4O4S/c1-4-26-20(16-7-5-6-8-17(16)28-3)24-25-22(26)31-14(2)21(27)23-15-9-10-18-19(13-15)30-12-11-29-18/h5-10,13-14H,4,11-12H2,1-3H3,(H,23,27). The molecule has 0 bridgehead atoms. The first kappa shape index (κ1) is 21.0. The van der Waals surface area contributed by atoms with Crippen LogP contribution in [0.1, 0.15) is 13.8 Å². The molecule has 1 aromatic heterocycles. The summed E-state index contributed by atoms with van der Waals surface area (Å²) in [6, 6.07) is 13.1. The third-order valence-electron chi connectivity index (χ3n) is 4.84. The highest BCUT2D eigenvalue weighted by molar-refractivity contribution is 8.00. The number of nitrogens with one attached hydrogen (secondary N) is 1. The fourth-order valence-electron chi connectivity index (χ4n) is 3.27. The van der Waals surface area contributed by atoms with E-state index in [2.05, 4.69) is 15.5 Å². The van der Waals surface area contributed by atoms with Crippen LogP contribution in [0.3, 0.4) is 0 Å². The second-order valence-corrected chi connectivity index (χ2v) is 8.17. The van der Waals surface area contributed by atoms with Gasteiger partial charge in [0, 0.05) is 18.3 Å². The summed E-state index contributed by atoms with van der Waals surface area (Å²) in [4.78, 5) is 12.8. The van der Waals surface area contributed by atoms with Gasteiger partial charge in [-0.3, -0.25) is 4.79 Å². The molecule has 4 rings (SSSR count). The highest BCUT2D eigenvalue weighted by Crippen LogP contribution is 2.34. The molecular weight excluding hydrogens is 416 g/mol. The number of para-hydroxylation sites is 1. The van der Waals surface area contributed by atoms with Crippen LogP contribution in [0, 0.1) is 0 Å². The van der Waals surface area contributed by atoms with Gasteiger partial charge in [-0.25, -0.2) is 0 Å². The van der Waals surface area contributed by atoms with Crippen LogP contribution in [0.5, 0.6) is 17.2 Å². The van der Waals surface area contributed by atoms with Crippen molar-refractivity contribution in [3.8, 4) is 28.6 Å². The first-order valence-electron chi connectivity index (χ1n) is 10.0. The number of nitrogens with zero attached hydrogens (tertiary/aromatic N) is 3. The first-order valence-corrected chi connectivity index (χ1v) is 10.9. The van der Waals surface area contributed by atoms with Crippen LogP contribution in [0.25, 0.3) is 11.4 Å². The number of carbonyl (C=O) groups excluding carboxylic acids is 1. The van der Waals surface area contributed by atoms with E-state index in [0.29, 0.717) is 47.9 Å². The van der Waals surface area contributed by atoms with Gasteiger partial charge in [0.2, 0.25) is 5.91 Å². The van der Waals surface area contributed by atoms with Crippen LogP contribution in [-0.2, 0) is 11.3 Å². The third-order valence-corrected chi connectivity index (χ3v) is 5.92. The van der Waals surface area contributed by atoms with Crippen LogP contribution in [0.15, 0.2) is 47.6 Å². The minimum Gasteiger partial charge on any atom is -0.496 e. The van der Waals surface area contributed by atoms with Gasteiger partial charge in [-0.2, -0.15) is 0 Å². The zero-order chi connectivity index (χ0) is 21.8. The van der Waals surface area contributed by atoms with Gasteiger partial charge in [0.25, 0.3) is 0 Å². The minimum absolute atomic E-state index is 0.133. The van der Waals surface area contributed by atoms with Gasteiger partial charge in [-0.05, 0) is 38.1 Å². The lowest BCUT2D eigenvalue weighted by Gasteiger charge is -2.19. The maximum atomic E-state index is 12.8. The fourth-order valence-corrected chi connectivity index (χ4v) is 4.18. The normalized spacial score (nSPS) is 13.5. The molecule has 2 aromatic carbocycles. The molecular formula is C22H24N4O4S. The van der Waals surface area contributed by atoms with Crippen molar-refractivity contribution in [2.24, 2.45) is 0 Å². The summed E-state index contributed by atoms with van der Waals surface area (Å²) in [5.74, 6) is 2.63. The SMILES string of the molecule is CCn1c(SC(C)C(=O)Nc2ccc3c(c2)OCCO3)nnc1-c1ccccc1OC. The molecule has 0 saturated carbocycles. The zero-order valence-corrected chi connectivity index (χ0v) is 18.4. The molecule has 8 nitrogen and oxygen atoms in total. The van der Waals surface area contributed by atoms with E-state index in [-0.39, 0.29) is 11.2 Å². The Balaban J connectivity index is 1.49. The van der Waals surface area contributed by atoms with Crippen molar-refractivity contribution in [2.75, 3.05) is 25.6 Å². The van der Waals surface area contributed by atoms with E-state index >= 15 is 0 Å². The maximum Gasteiger partial charge on any atom is 0.237 e. The summed E-state index contributed by atoms with van der Waals surface area (Å²) >= 11 is 1.36. The number of rotatable bonds is 7. The summed E-state index contributed by atoms with van der Waals surface area (Å²) in [5, 5.41) is 11.9. The van der Waals surface area contributed by atoms with Gasteiger partial charge in [-0.1, -0.05) is 23.9 Å². The number of ether oxygens (including phenoxy) is 3. The molecule has 162 valence electrons. The molecule has 31 heavy (non-hydrogen) atoms. The van der Waals surface area contributed by atoms with Crippen LogP contribution in [0.2, 0.25) is 0 Å². The number of thioether (sulfide) groups is 1. The molecule has 1 amide bonds. The molecule has 0 saturated heterocycles. The summed E-state index contributed by atoms with van der Waals surface area (Å²) in [6.45, 7) is 5.56. The Morgan fingerprint density at radius 1 is 1.19 bits per heavy atom. The molecule has 1 N–H and O–H groups in total. The van der Waals surface area contributed by atoms with Crippen molar-refractivity contribution in [3.05, 3.63) is 42.5 Å². The number of benzene rings is 2. The number of hydrogen-bond acceptors (Lipinski definition) is 7. The number of aromatic nitrogens is 3. The molecule has 2 heterocycles. The summed E-state index contributed by atoms with van der Waals surface area (Å²) in [5.41, 5.74) is 1.52. The topological polar surface area (TPSA) is 87.5 Å². The van der Waals surface area contributed by atoms with Crippen molar-refractivity contribution >= 4 is 23.4 Å². The molecule has 0 fully saturated rings. The Kier molecular flexibility index (Phi) is 6.31. The molecule has 9 heteroatoms. The van der Waals surface area contributed by atoms with Gasteiger partial charge in [0.05, 0.1) is 17.9 Å². The van der Waals surface area contributed by atoms with Crippen LogP contribution in [0.4, 0.5) is 5.69 Å². The van der Waals surface area contributed by atoms with Gasteiger partial charge in [0.1, 0.15) is 19.0 Å². The largest absolute Gasteiger partial charge is 0.496 e. The number of fused-ring (bicyclic) bond motifs is 1. The van der Waals surface area contributed by atoms with Gasteiger partial charge >= 0.3 is 0 Å². The fraction of sp³-hybridized carbons (Fsp3) is 0.318. The predicted molar refractivity (Wildman–Crippen MR) is 119 cm³/mol. The Morgan fingerprint density at radius 3 is 2.74 bits per heavy atom. The quantitative estimate of drug-likeness (QED) is 0.558. The second kappa shape index (κ2) is 9.30. The van der Waals surface area contributed by atoms with Crippen LogP contribution < -0.4 is 19.5 Å². The van der Waals surface area contributed by atoms with E-state index in [1.807, 2.05) is 42.7 Å². The number of hydrogen-bond donors (Lipinski definition) is 1. The van der Waals surface area contributed by atoms with E-state index in [1.165, 1.54) is 11.8 Å². The summed E-state index contributed by atoms with van der Waals surface area (Å²) in [7, 11) is 1.63. The molecule has 1 atom stereocenters. The van der Waals surface area contributed by atoms with Crippen molar-refractivity contribution in [1.29, 1.82) is 0 Å². The monoisotopic (exact) mass is 440 g/mol. The number of methoxy groups -OCH3 is 1. The lowest BCUT2D eigenvalue weighted by atomic mass is 10.2. The van der Waals surface area contributed by atoms with Gasteiger partial charge in [0.15, 0.2) is 22.5 Å². The lowest BCUT2D eigenvalue weighted by molar-refractivity contribution is -0.115. The number of anilines is 1. The minimum atomic E-state index is -0.381. The highest BCUT2D eigenvalue weighted by Gasteiger charge is 2.22. The van der Waals surface area contributed by atoms with E-state index in [9.17, 15) is 4.79 Å². The third kappa shape index (κ3) is 4.46. The average molecular weight is 441 g/mol. The number of amides is 1. The first-order chi connectivity index (χ1) is 15.1. The highest BCUT2D eigenvalue weighted by atomic mass is 32.2. The van der Waals surface area contributed by atoms with Gasteiger partial charge in [-0.15, -0.1) is 10.2 Å². The van der Waals surface area contributed by atoms with Crippen LogP contribution in [-0.4, -0.2) is 46.2 Å². The second-order valence-electron chi connectivity index (χ2n) is 6.86. The van der Waals surface area contributed by atoms with Crippen molar-refractivity contribution in [3.63, 3.8) is 0 Å². The Labute approximate surface area is 184 Å². The van der Waals surface area contributed by atoms with E-state index < -0.39 is 0 Å². The zero-order valence-electron chi connectivity index (χ0n) is 17.6. The molecule has 1 unspecified atom stereocenters. The molecule has 3 aromatic rings. The average Bonchev–Trinajstić information content (AvgIpc) is 3.21. The Bertz CT molecular complexity index is 1090. The maximum absolute atomic E-state index is 12.8. The Morgan fingerprint density at radius 2 is 1.97 bits per heavy atom. The molecule has 0 aliphatic carbocycles. The lowest BCUT2D eigenvalue weighted by Crippen LogP contribution is -2.23. The van der Waals surface area contributed by atoms with Gasteiger partial charge < -0.3 is 24.1 Å². The van der Waals surface area contributed by atoms with E-state index in [4.69, 9.17) is 14.2 Å². The molecule has 1 aliphatic rings. The van der Waals surface area contributed by atoms with Crippen molar-refractivity contribution < 1.29 is 19.0 Å². The van der Waals surface area contributed by atoms with Crippen molar-refractivity contribution in [2.45, 2.75) is 30.8 Å². The summed E-state index contributed by atoms with van der Waals surface area (Å²) in [6.07, 6.45) is 0. The molecule has 0 spiro atoms. The smallest absolute Gasteiger partial charge is 0.237 e. The molecule has 0 radical (unpaired) electrons. The summed E-state index contributed by atoms with van der Waals surface area (Å²) < 4.78 is 18.5. The Hall–Kier alpha value is -3.20. The predicted octanol–water partition coefficient (Wildman–Crippen LogP) is 3.86.